The lowest BCUT2D eigenvalue weighted by Crippen LogP contribution is -2.24. The predicted octanol–water partition coefficient (Wildman–Crippen LogP) is 6.41. The standard InChI is InChI=1S/C24H16N4O3S2/c1-15-7-9-19-21(11-15)33-24(26-19)27(25-14-16-5-3-2-4-6-16)23(29)22-13-17-12-18(28(30)31)8-10-20(17)32-22/h2-14H,1H3/b25-14+. The van der Waals surface area contributed by atoms with Crippen molar-refractivity contribution >= 4 is 65.9 Å². The van der Waals surface area contributed by atoms with Crippen molar-refractivity contribution in [1.29, 1.82) is 0 Å². The van der Waals surface area contributed by atoms with Crippen molar-refractivity contribution in [1.82, 2.24) is 4.98 Å². The van der Waals surface area contributed by atoms with Gasteiger partial charge in [-0.05, 0) is 42.3 Å². The van der Waals surface area contributed by atoms with Crippen LogP contribution in [0.1, 0.15) is 20.8 Å². The summed E-state index contributed by atoms with van der Waals surface area (Å²) >= 11 is 2.66. The molecule has 2 heterocycles. The second kappa shape index (κ2) is 8.53. The Bertz CT molecular complexity index is 1540. The van der Waals surface area contributed by atoms with Crippen LogP contribution in [-0.2, 0) is 0 Å². The number of nitro benzene ring substituents is 1. The molecule has 0 bridgehead atoms. The normalized spacial score (nSPS) is 11.4. The molecule has 162 valence electrons. The Morgan fingerprint density at radius 2 is 1.85 bits per heavy atom. The molecule has 9 heteroatoms. The molecule has 0 N–H and O–H groups in total. The first kappa shape index (κ1) is 20.9. The molecule has 1 amide bonds. The number of thiazole rings is 1. The van der Waals surface area contributed by atoms with Crippen molar-refractivity contribution in [3.8, 4) is 0 Å². The largest absolute Gasteiger partial charge is 0.290 e. The molecule has 3 aromatic carbocycles. The summed E-state index contributed by atoms with van der Waals surface area (Å²) in [5.41, 5.74) is 2.73. The first-order chi connectivity index (χ1) is 16.0. The number of fused-ring (bicyclic) bond motifs is 2. The van der Waals surface area contributed by atoms with Crippen molar-refractivity contribution in [2.75, 3.05) is 5.01 Å². The summed E-state index contributed by atoms with van der Waals surface area (Å²) in [5.74, 6) is -0.346. The molecular weight excluding hydrogens is 456 g/mol. The Morgan fingerprint density at radius 3 is 2.64 bits per heavy atom. The van der Waals surface area contributed by atoms with Crippen molar-refractivity contribution in [3.63, 3.8) is 0 Å². The van der Waals surface area contributed by atoms with Gasteiger partial charge in [-0.3, -0.25) is 14.9 Å². The third kappa shape index (κ3) is 4.23. The lowest BCUT2D eigenvalue weighted by atomic mass is 10.2. The number of aromatic nitrogens is 1. The number of hydrazone groups is 1. The number of thiophene rings is 1. The second-order valence-electron chi connectivity index (χ2n) is 7.33. The van der Waals surface area contributed by atoms with E-state index in [0.717, 1.165) is 26.0 Å². The van der Waals surface area contributed by atoms with Crippen LogP contribution >= 0.6 is 22.7 Å². The minimum absolute atomic E-state index is 0.0141. The number of rotatable bonds is 5. The number of benzene rings is 3. The van der Waals surface area contributed by atoms with Crippen LogP contribution in [0.25, 0.3) is 20.3 Å². The second-order valence-corrected chi connectivity index (χ2v) is 9.42. The highest BCUT2D eigenvalue weighted by molar-refractivity contribution is 7.23. The summed E-state index contributed by atoms with van der Waals surface area (Å²) in [6.07, 6.45) is 1.62. The average Bonchev–Trinajstić information content (AvgIpc) is 3.43. The summed E-state index contributed by atoms with van der Waals surface area (Å²) in [6, 6.07) is 21.7. The molecule has 0 spiro atoms. The lowest BCUT2D eigenvalue weighted by Gasteiger charge is -2.12. The van der Waals surface area contributed by atoms with E-state index in [0.29, 0.717) is 15.4 Å². The summed E-state index contributed by atoms with van der Waals surface area (Å²) in [5, 5.41) is 18.0. The molecule has 0 fully saturated rings. The molecule has 5 rings (SSSR count). The van der Waals surface area contributed by atoms with Gasteiger partial charge in [-0.25, -0.2) is 4.98 Å². The van der Waals surface area contributed by atoms with Crippen molar-refractivity contribution in [2.45, 2.75) is 6.92 Å². The average molecular weight is 473 g/mol. The van der Waals surface area contributed by atoms with Crippen LogP contribution in [0.4, 0.5) is 10.8 Å². The number of carbonyl (C=O) groups is 1. The number of carbonyl (C=O) groups excluding carboxylic acids is 1. The highest BCUT2D eigenvalue weighted by atomic mass is 32.1. The Labute approximate surface area is 196 Å². The van der Waals surface area contributed by atoms with Crippen LogP contribution in [0.5, 0.6) is 0 Å². The van der Waals surface area contributed by atoms with Crippen molar-refractivity contribution in [2.24, 2.45) is 5.10 Å². The van der Waals surface area contributed by atoms with Gasteiger partial charge in [-0.15, -0.1) is 11.3 Å². The van der Waals surface area contributed by atoms with Gasteiger partial charge < -0.3 is 0 Å². The van der Waals surface area contributed by atoms with Gasteiger partial charge in [-0.2, -0.15) is 10.1 Å². The number of hydrogen-bond acceptors (Lipinski definition) is 7. The number of aryl methyl sites for hydroxylation is 1. The van der Waals surface area contributed by atoms with Gasteiger partial charge in [0.2, 0.25) is 5.13 Å². The van der Waals surface area contributed by atoms with E-state index in [1.165, 1.54) is 39.8 Å². The maximum Gasteiger partial charge on any atom is 0.290 e. The Morgan fingerprint density at radius 1 is 1.03 bits per heavy atom. The molecule has 0 unspecified atom stereocenters. The van der Waals surface area contributed by atoms with E-state index in [9.17, 15) is 14.9 Å². The van der Waals surface area contributed by atoms with Crippen LogP contribution in [0, 0.1) is 17.0 Å². The SMILES string of the molecule is Cc1ccc2nc(N(/N=C/c3ccccc3)C(=O)c3cc4cc([N+](=O)[O-])ccc4s3)sc2c1. The predicted molar refractivity (Wildman–Crippen MR) is 134 cm³/mol. The highest BCUT2D eigenvalue weighted by Crippen LogP contribution is 2.34. The van der Waals surface area contributed by atoms with Crippen LogP contribution in [0.3, 0.4) is 0 Å². The van der Waals surface area contributed by atoms with E-state index in [1.807, 2.05) is 55.5 Å². The van der Waals surface area contributed by atoms with E-state index in [4.69, 9.17) is 0 Å². The zero-order chi connectivity index (χ0) is 22.9. The number of non-ortho nitro benzene ring substituents is 1. The molecule has 0 atom stereocenters. The summed E-state index contributed by atoms with van der Waals surface area (Å²) in [7, 11) is 0. The van der Waals surface area contributed by atoms with Gasteiger partial charge in [0.05, 0.1) is 26.2 Å². The highest BCUT2D eigenvalue weighted by Gasteiger charge is 2.23. The third-order valence-corrected chi connectivity index (χ3v) is 7.05. The fraction of sp³-hybridized carbons (Fsp3) is 0.0417. The van der Waals surface area contributed by atoms with Gasteiger partial charge in [-0.1, -0.05) is 47.7 Å². The van der Waals surface area contributed by atoms with E-state index in [-0.39, 0.29) is 11.6 Å². The fourth-order valence-electron chi connectivity index (χ4n) is 3.32. The molecular formula is C24H16N4O3S2. The summed E-state index contributed by atoms with van der Waals surface area (Å²) < 4.78 is 1.75. The minimum atomic E-state index is -0.446. The number of anilines is 1. The minimum Gasteiger partial charge on any atom is -0.266 e. The lowest BCUT2D eigenvalue weighted by molar-refractivity contribution is -0.384. The zero-order valence-electron chi connectivity index (χ0n) is 17.3. The molecule has 0 saturated heterocycles. The maximum atomic E-state index is 13.6. The molecule has 0 saturated carbocycles. The van der Waals surface area contributed by atoms with Gasteiger partial charge in [0.15, 0.2) is 0 Å². The molecule has 0 aliphatic rings. The number of nitrogens with zero attached hydrogens (tertiary/aromatic N) is 4. The van der Waals surface area contributed by atoms with E-state index in [1.54, 1.807) is 18.3 Å². The van der Waals surface area contributed by atoms with Crippen molar-refractivity contribution < 1.29 is 9.72 Å². The molecule has 0 aliphatic carbocycles. The van der Waals surface area contributed by atoms with Gasteiger partial charge in [0, 0.05) is 22.2 Å². The molecule has 7 nitrogen and oxygen atoms in total. The van der Waals surface area contributed by atoms with E-state index < -0.39 is 4.92 Å². The molecule has 33 heavy (non-hydrogen) atoms. The van der Waals surface area contributed by atoms with E-state index in [2.05, 4.69) is 10.1 Å². The van der Waals surface area contributed by atoms with Crippen LogP contribution in [0.2, 0.25) is 0 Å². The van der Waals surface area contributed by atoms with Gasteiger partial charge >= 0.3 is 0 Å². The van der Waals surface area contributed by atoms with Gasteiger partial charge in [0.1, 0.15) is 0 Å². The number of hydrogen-bond donors (Lipinski definition) is 0. The van der Waals surface area contributed by atoms with E-state index >= 15 is 0 Å². The summed E-state index contributed by atoms with van der Waals surface area (Å²) in [4.78, 5) is 29.3. The Hall–Kier alpha value is -3.95. The maximum absolute atomic E-state index is 13.6. The molecule has 0 aliphatic heterocycles. The van der Waals surface area contributed by atoms with Crippen molar-refractivity contribution in [3.05, 3.63) is 98.9 Å². The monoisotopic (exact) mass is 472 g/mol. The van der Waals surface area contributed by atoms with Crippen LogP contribution in [-0.4, -0.2) is 22.0 Å². The summed E-state index contributed by atoms with van der Waals surface area (Å²) in [6.45, 7) is 2.01. The van der Waals surface area contributed by atoms with Crippen LogP contribution in [0.15, 0.2) is 77.9 Å². The Kier molecular flexibility index (Phi) is 5.41. The van der Waals surface area contributed by atoms with Gasteiger partial charge in [0.25, 0.3) is 11.6 Å². The topological polar surface area (TPSA) is 88.7 Å². The zero-order valence-corrected chi connectivity index (χ0v) is 19.0. The van der Waals surface area contributed by atoms with Crippen LogP contribution < -0.4 is 5.01 Å². The first-order valence-electron chi connectivity index (χ1n) is 9.96. The third-order valence-electron chi connectivity index (χ3n) is 4.95. The smallest absolute Gasteiger partial charge is 0.266 e. The Balaban J connectivity index is 1.58. The molecule has 2 aromatic heterocycles. The molecule has 0 radical (unpaired) electrons. The first-order valence-corrected chi connectivity index (χ1v) is 11.6. The molecule has 5 aromatic rings. The number of nitro groups is 1. The fourth-order valence-corrected chi connectivity index (χ4v) is 5.31. The quantitative estimate of drug-likeness (QED) is 0.168. The number of amides is 1.